The number of hydrogen-bond acceptors (Lipinski definition) is 6. The van der Waals surface area contributed by atoms with Crippen molar-refractivity contribution in [2.45, 2.75) is 13.0 Å². The molecular weight excluding hydrogens is 420 g/mol. The maximum atomic E-state index is 12.4. The summed E-state index contributed by atoms with van der Waals surface area (Å²) in [6, 6.07) is 13.4. The third kappa shape index (κ3) is 7.34. The standard InChI is InChI=1S/C21H24N4O5S/c1-29-19-5-7-20(8-6-19)30-13-14-31(27,28)24-18-4-2-3-17(15-18)23-21(26)9-11-25-12-10-22-16-25/h2-8,10,12,15-16,24H,9,11,13-14H2,1H3,(H,23,26). The second-order valence-electron chi connectivity index (χ2n) is 6.62. The lowest BCUT2D eigenvalue weighted by molar-refractivity contribution is -0.116. The van der Waals surface area contributed by atoms with Gasteiger partial charge in [0, 0.05) is 31.0 Å². The normalized spacial score (nSPS) is 11.0. The fourth-order valence-corrected chi connectivity index (χ4v) is 3.60. The summed E-state index contributed by atoms with van der Waals surface area (Å²) in [5.41, 5.74) is 0.863. The lowest BCUT2D eigenvalue weighted by atomic mass is 10.2. The van der Waals surface area contributed by atoms with Crippen LogP contribution in [0.5, 0.6) is 11.5 Å². The van der Waals surface area contributed by atoms with Crippen LogP contribution in [0.3, 0.4) is 0 Å². The van der Waals surface area contributed by atoms with Gasteiger partial charge < -0.3 is 19.4 Å². The molecule has 1 heterocycles. The van der Waals surface area contributed by atoms with Crippen LogP contribution in [0, 0.1) is 0 Å². The molecule has 0 aliphatic rings. The molecular formula is C21H24N4O5S. The summed E-state index contributed by atoms with van der Waals surface area (Å²) < 4.78 is 39.5. The molecule has 1 amide bonds. The van der Waals surface area contributed by atoms with Gasteiger partial charge >= 0.3 is 0 Å². The van der Waals surface area contributed by atoms with Crippen molar-refractivity contribution in [3.05, 3.63) is 67.3 Å². The number of benzene rings is 2. The van der Waals surface area contributed by atoms with Crippen molar-refractivity contribution in [1.29, 1.82) is 0 Å². The topological polar surface area (TPSA) is 112 Å². The molecule has 2 N–H and O–H groups in total. The number of anilines is 2. The van der Waals surface area contributed by atoms with Gasteiger partial charge in [0.25, 0.3) is 0 Å². The van der Waals surface area contributed by atoms with Crippen LogP contribution >= 0.6 is 0 Å². The Balaban J connectivity index is 1.48. The van der Waals surface area contributed by atoms with E-state index in [4.69, 9.17) is 9.47 Å². The zero-order chi connectivity index (χ0) is 22.1. The lowest BCUT2D eigenvalue weighted by Crippen LogP contribution is -2.21. The minimum absolute atomic E-state index is 0.00760. The molecule has 3 aromatic rings. The van der Waals surface area contributed by atoms with Crippen molar-refractivity contribution in [3.63, 3.8) is 0 Å². The molecule has 0 bridgehead atoms. The Bertz CT molecular complexity index is 1080. The van der Waals surface area contributed by atoms with Gasteiger partial charge in [-0.3, -0.25) is 9.52 Å². The Hall–Kier alpha value is -3.53. The van der Waals surface area contributed by atoms with E-state index in [1.165, 1.54) is 0 Å². The number of nitrogens with one attached hydrogen (secondary N) is 2. The molecule has 1 aromatic heterocycles. The summed E-state index contributed by atoms with van der Waals surface area (Å²) in [6.07, 6.45) is 5.34. The summed E-state index contributed by atoms with van der Waals surface area (Å²) in [5.74, 6) is 0.842. The van der Waals surface area contributed by atoms with E-state index >= 15 is 0 Å². The molecule has 0 saturated heterocycles. The number of rotatable bonds is 11. The lowest BCUT2D eigenvalue weighted by Gasteiger charge is -2.11. The van der Waals surface area contributed by atoms with E-state index in [1.807, 2.05) is 0 Å². The Morgan fingerprint density at radius 3 is 2.55 bits per heavy atom. The second-order valence-corrected chi connectivity index (χ2v) is 8.47. The number of aromatic nitrogens is 2. The fourth-order valence-electron chi connectivity index (χ4n) is 2.71. The van der Waals surface area contributed by atoms with Gasteiger partial charge in [-0.1, -0.05) is 6.07 Å². The van der Waals surface area contributed by atoms with Crippen LogP contribution in [0.2, 0.25) is 0 Å². The van der Waals surface area contributed by atoms with Crippen molar-refractivity contribution in [3.8, 4) is 11.5 Å². The molecule has 10 heteroatoms. The van der Waals surface area contributed by atoms with Crippen LogP contribution in [-0.4, -0.2) is 43.3 Å². The van der Waals surface area contributed by atoms with Crippen LogP contribution in [0.1, 0.15) is 6.42 Å². The van der Waals surface area contributed by atoms with Gasteiger partial charge in [-0.25, -0.2) is 13.4 Å². The monoisotopic (exact) mass is 444 g/mol. The van der Waals surface area contributed by atoms with Gasteiger partial charge in [-0.2, -0.15) is 0 Å². The Morgan fingerprint density at radius 2 is 1.84 bits per heavy atom. The Kier molecular flexibility index (Phi) is 7.50. The molecule has 9 nitrogen and oxygen atoms in total. The van der Waals surface area contributed by atoms with Gasteiger partial charge in [0.05, 0.1) is 19.1 Å². The van der Waals surface area contributed by atoms with E-state index in [9.17, 15) is 13.2 Å². The Labute approximate surface area is 181 Å². The molecule has 0 radical (unpaired) electrons. The number of imidazole rings is 1. The van der Waals surface area contributed by atoms with E-state index in [-0.39, 0.29) is 24.7 Å². The Morgan fingerprint density at radius 1 is 1.10 bits per heavy atom. The SMILES string of the molecule is COc1ccc(OCCS(=O)(=O)Nc2cccc(NC(=O)CCn3ccnc3)c2)cc1. The predicted octanol–water partition coefficient (Wildman–Crippen LogP) is 2.74. The molecule has 0 fully saturated rings. The fraction of sp³-hybridized carbons (Fsp3) is 0.238. The molecule has 0 spiro atoms. The summed E-state index contributed by atoms with van der Waals surface area (Å²) >= 11 is 0. The highest BCUT2D eigenvalue weighted by molar-refractivity contribution is 7.92. The molecule has 0 aliphatic carbocycles. The molecule has 0 aliphatic heterocycles. The highest BCUT2D eigenvalue weighted by atomic mass is 32.2. The van der Waals surface area contributed by atoms with E-state index in [0.29, 0.717) is 29.4 Å². The van der Waals surface area contributed by atoms with Crippen molar-refractivity contribution in [1.82, 2.24) is 9.55 Å². The quantitative estimate of drug-likeness (QED) is 0.470. The van der Waals surface area contributed by atoms with Gasteiger partial charge in [-0.05, 0) is 42.5 Å². The summed E-state index contributed by atoms with van der Waals surface area (Å²) in [7, 11) is -2.06. The smallest absolute Gasteiger partial charge is 0.236 e. The number of ether oxygens (including phenoxy) is 2. The predicted molar refractivity (Wildman–Crippen MR) is 118 cm³/mol. The average Bonchev–Trinajstić information content (AvgIpc) is 3.26. The molecule has 3 rings (SSSR count). The molecule has 2 aromatic carbocycles. The van der Waals surface area contributed by atoms with Gasteiger partial charge in [0.15, 0.2) is 0 Å². The zero-order valence-electron chi connectivity index (χ0n) is 17.0. The number of hydrogen-bond donors (Lipinski definition) is 2. The van der Waals surface area contributed by atoms with Crippen molar-refractivity contribution in [2.24, 2.45) is 0 Å². The minimum atomic E-state index is -3.63. The number of carbonyl (C=O) groups excluding carboxylic acids is 1. The number of carbonyl (C=O) groups is 1. The first-order chi connectivity index (χ1) is 14.9. The number of nitrogens with zero attached hydrogens (tertiary/aromatic N) is 2. The first-order valence-electron chi connectivity index (χ1n) is 9.56. The van der Waals surface area contributed by atoms with Crippen LogP contribution in [0.25, 0.3) is 0 Å². The first kappa shape index (κ1) is 22.2. The minimum Gasteiger partial charge on any atom is -0.497 e. The van der Waals surface area contributed by atoms with E-state index in [1.54, 1.807) is 78.9 Å². The van der Waals surface area contributed by atoms with Gasteiger partial charge in [0.1, 0.15) is 23.9 Å². The number of aryl methyl sites for hydroxylation is 1. The maximum Gasteiger partial charge on any atom is 0.236 e. The van der Waals surface area contributed by atoms with E-state index in [0.717, 1.165) is 0 Å². The maximum absolute atomic E-state index is 12.4. The molecule has 0 atom stereocenters. The van der Waals surface area contributed by atoms with Gasteiger partial charge in [-0.15, -0.1) is 0 Å². The third-order valence-corrected chi connectivity index (χ3v) is 5.51. The number of amides is 1. The van der Waals surface area contributed by atoms with Crippen LogP contribution in [0.15, 0.2) is 67.3 Å². The molecule has 0 saturated carbocycles. The molecule has 0 unspecified atom stereocenters. The zero-order valence-corrected chi connectivity index (χ0v) is 17.8. The van der Waals surface area contributed by atoms with E-state index < -0.39 is 10.0 Å². The summed E-state index contributed by atoms with van der Waals surface area (Å²) in [5, 5.41) is 2.76. The summed E-state index contributed by atoms with van der Waals surface area (Å²) in [6.45, 7) is 0.499. The van der Waals surface area contributed by atoms with E-state index in [2.05, 4.69) is 15.0 Å². The third-order valence-electron chi connectivity index (χ3n) is 4.26. The van der Waals surface area contributed by atoms with Crippen molar-refractivity contribution < 1.29 is 22.7 Å². The highest BCUT2D eigenvalue weighted by Gasteiger charge is 2.12. The number of sulfonamides is 1. The average molecular weight is 445 g/mol. The number of methoxy groups -OCH3 is 1. The molecule has 164 valence electrons. The second kappa shape index (κ2) is 10.5. The van der Waals surface area contributed by atoms with Crippen molar-refractivity contribution >= 4 is 27.3 Å². The largest absolute Gasteiger partial charge is 0.497 e. The van der Waals surface area contributed by atoms with Gasteiger partial charge in [0.2, 0.25) is 15.9 Å². The molecule has 31 heavy (non-hydrogen) atoms. The van der Waals surface area contributed by atoms with Crippen molar-refractivity contribution in [2.75, 3.05) is 29.5 Å². The highest BCUT2D eigenvalue weighted by Crippen LogP contribution is 2.18. The summed E-state index contributed by atoms with van der Waals surface area (Å²) in [4.78, 5) is 16.0. The first-order valence-corrected chi connectivity index (χ1v) is 11.2. The van der Waals surface area contributed by atoms with Crippen LogP contribution in [-0.2, 0) is 21.4 Å². The van der Waals surface area contributed by atoms with Crippen LogP contribution in [0.4, 0.5) is 11.4 Å². The van der Waals surface area contributed by atoms with Crippen LogP contribution < -0.4 is 19.5 Å².